The molecule has 40 heavy (non-hydrogen) atoms. The molecule has 0 aliphatic heterocycles. The zero-order valence-corrected chi connectivity index (χ0v) is 23.7. The van der Waals surface area contributed by atoms with Gasteiger partial charge in [0.2, 0.25) is 15.9 Å². The number of benzene rings is 3. The third-order valence-corrected chi connectivity index (χ3v) is 7.85. The van der Waals surface area contributed by atoms with Crippen molar-refractivity contribution in [3.8, 4) is 23.0 Å². The van der Waals surface area contributed by atoms with Gasteiger partial charge in [-0.15, -0.1) is 0 Å². The van der Waals surface area contributed by atoms with E-state index in [1.165, 1.54) is 65.9 Å². The van der Waals surface area contributed by atoms with E-state index in [2.05, 4.69) is 5.32 Å². The molecule has 0 atom stereocenters. The Hall–Kier alpha value is -4.29. The van der Waals surface area contributed by atoms with Gasteiger partial charge in [0.1, 0.15) is 0 Å². The summed E-state index contributed by atoms with van der Waals surface area (Å²) in [4.78, 5) is 25.6. The summed E-state index contributed by atoms with van der Waals surface area (Å²) < 4.78 is 54.4. The molecule has 3 aromatic carbocycles. The maximum Gasteiger partial charge on any atom is 0.340 e. The largest absolute Gasteiger partial charge is 0.493 e. The molecule has 0 unspecified atom stereocenters. The van der Waals surface area contributed by atoms with E-state index in [9.17, 15) is 18.0 Å². The predicted molar refractivity (Wildman–Crippen MR) is 148 cm³/mol. The van der Waals surface area contributed by atoms with Gasteiger partial charge in [0.15, 0.2) is 23.0 Å². The summed E-state index contributed by atoms with van der Waals surface area (Å²) >= 11 is 0. The first-order valence-electron chi connectivity index (χ1n) is 12.1. The molecule has 3 rings (SSSR count). The Morgan fingerprint density at radius 2 is 1.38 bits per heavy atom. The second-order valence-electron chi connectivity index (χ2n) is 8.38. The molecule has 0 saturated carbocycles. The van der Waals surface area contributed by atoms with Gasteiger partial charge < -0.3 is 29.0 Å². The zero-order valence-electron chi connectivity index (χ0n) is 22.9. The summed E-state index contributed by atoms with van der Waals surface area (Å²) in [5.41, 5.74) is 0.969. The van der Waals surface area contributed by atoms with E-state index in [4.69, 9.17) is 23.7 Å². The first-order chi connectivity index (χ1) is 19.2. The number of carbonyl (C=O) groups excluding carboxylic acids is 2. The second kappa shape index (κ2) is 13.7. The fourth-order valence-corrected chi connectivity index (χ4v) is 5.33. The summed E-state index contributed by atoms with van der Waals surface area (Å²) in [6.07, 6.45) is 0.352. The van der Waals surface area contributed by atoms with Crippen molar-refractivity contribution >= 4 is 27.6 Å². The molecule has 1 N–H and O–H groups in total. The number of ether oxygens (including phenoxy) is 5. The van der Waals surface area contributed by atoms with Crippen LogP contribution in [0.3, 0.4) is 0 Å². The van der Waals surface area contributed by atoms with Crippen molar-refractivity contribution in [1.82, 2.24) is 4.31 Å². The van der Waals surface area contributed by atoms with Crippen LogP contribution in [0, 0.1) is 0 Å². The third-order valence-electron chi connectivity index (χ3n) is 6.01. The topological polar surface area (TPSA) is 130 Å². The summed E-state index contributed by atoms with van der Waals surface area (Å²) in [5.74, 6) is -0.321. The van der Waals surface area contributed by atoms with Crippen LogP contribution in [0.4, 0.5) is 5.69 Å². The minimum atomic E-state index is -4.17. The molecule has 3 aromatic rings. The predicted octanol–water partition coefficient (Wildman–Crippen LogP) is 3.38. The minimum absolute atomic E-state index is 0.00387. The summed E-state index contributed by atoms with van der Waals surface area (Å²) in [5, 5.41) is 2.62. The van der Waals surface area contributed by atoms with Gasteiger partial charge in [0.05, 0.1) is 58.2 Å². The van der Waals surface area contributed by atoms with E-state index in [1.54, 1.807) is 0 Å². The first-order valence-corrected chi connectivity index (χ1v) is 13.5. The zero-order chi connectivity index (χ0) is 29.3. The minimum Gasteiger partial charge on any atom is -0.493 e. The van der Waals surface area contributed by atoms with Crippen LogP contribution in [0.2, 0.25) is 0 Å². The fourth-order valence-electron chi connectivity index (χ4n) is 3.92. The molecule has 12 heteroatoms. The van der Waals surface area contributed by atoms with E-state index in [1.807, 2.05) is 30.3 Å². The Kier molecular flexibility index (Phi) is 10.3. The molecule has 0 saturated heterocycles. The van der Waals surface area contributed by atoms with Gasteiger partial charge in [-0.3, -0.25) is 4.79 Å². The normalized spacial score (nSPS) is 11.1. The standard InChI is InChI=1S/C28H32N2O9S/c1-35-23-12-11-20(15-24(23)36-2)40(33,34)30(14-13-19-9-7-6-8-10-19)18-27(31)29-22-17-26(38-4)25(37-3)16-21(22)28(32)39-5/h6-12,15-17H,13-14,18H2,1-5H3,(H,29,31). The number of carbonyl (C=O) groups is 2. The maximum atomic E-state index is 13.8. The molecule has 0 spiro atoms. The molecule has 0 aliphatic carbocycles. The summed E-state index contributed by atoms with van der Waals surface area (Å²) in [6.45, 7) is -0.539. The molecular weight excluding hydrogens is 540 g/mol. The number of nitrogens with one attached hydrogen (secondary N) is 1. The van der Waals surface area contributed by atoms with Gasteiger partial charge in [-0.25, -0.2) is 13.2 Å². The highest BCUT2D eigenvalue weighted by molar-refractivity contribution is 7.89. The Bertz CT molecular complexity index is 1440. The fraction of sp³-hybridized carbons (Fsp3) is 0.286. The van der Waals surface area contributed by atoms with Gasteiger partial charge in [0.25, 0.3) is 0 Å². The van der Waals surface area contributed by atoms with Gasteiger partial charge >= 0.3 is 5.97 Å². The van der Waals surface area contributed by atoms with Crippen LogP contribution < -0.4 is 24.3 Å². The van der Waals surface area contributed by atoms with Gasteiger partial charge in [0, 0.05) is 24.7 Å². The summed E-state index contributed by atoms with van der Waals surface area (Å²) in [7, 11) is 2.68. The van der Waals surface area contributed by atoms with E-state index in [-0.39, 0.29) is 39.9 Å². The molecule has 214 valence electrons. The van der Waals surface area contributed by atoms with Crippen LogP contribution in [0.1, 0.15) is 15.9 Å². The molecule has 0 fully saturated rings. The summed E-state index contributed by atoms with van der Waals surface area (Å²) in [6, 6.07) is 16.3. The molecule has 0 aliphatic rings. The Morgan fingerprint density at radius 3 is 1.98 bits per heavy atom. The molecule has 11 nitrogen and oxygen atoms in total. The van der Waals surface area contributed by atoms with Crippen molar-refractivity contribution in [2.24, 2.45) is 0 Å². The van der Waals surface area contributed by atoms with Crippen LogP contribution in [-0.2, 0) is 26.0 Å². The van der Waals surface area contributed by atoms with Crippen molar-refractivity contribution in [2.75, 3.05) is 54.0 Å². The lowest BCUT2D eigenvalue weighted by Crippen LogP contribution is -2.39. The van der Waals surface area contributed by atoms with Crippen LogP contribution in [0.5, 0.6) is 23.0 Å². The quantitative estimate of drug-likeness (QED) is 0.306. The SMILES string of the molecule is COC(=O)c1cc(OC)c(OC)cc1NC(=O)CN(CCc1ccccc1)S(=O)(=O)c1ccc(OC)c(OC)c1. The van der Waals surface area contributed by atoms with E-state index in [0.29, 0.717) is 12.2 Å². The highest BCUT2D eigenvalue weighted by Crippen LogP contribution is 2.34. The lowest BCUT2D eigenvalue weighted by Gasteiger charge is -2.23. The molecule has 0 radical (unpaired) electrons. The Balaban J connectivity index is 1.96. The lowest BCUT2D eigenvalue weighted by atomic mass is 10.1. The molecule has 1 amide bonds. The van der Waals surface area contributed by atoms with Gasteiger partial charge in [-0.05, 0) is 24.1 Å². The molecule has 0 aromatic heterocycles. The monoisotopic (exact) mass is 572 g/mol. The maximum absolute atomic E-state index is 13.8. The van der Waals surface area contributed by atoms with Crippen LogP contribution >= 0.6 is 0 Å². The highest BCUT2D eigenvalue weighted by atomic mass is 32.2. The van der Waals surface area contributed by atoms with Crippen LogP contribution in [0.15, 0.2) is 65.6 Å². The lowest BCUT2D eigenvalue weighted by molar-refractivity contribution is -0.116. The molecule has 0 heterocycles. The average Bonchev–Trinajstić information content (AvgIpc) is 2.98. The smallest absolute Gasteiger partial charge is 0.340 e. The number of sulfonamides is 1. The first kappa shape index (κ1) is 30.3. The van der Waals surface area contributed by atoms with Crippen LogP contribution in [0.25, 0.3) is 0 Å². The van der Waals surface area contributed by atoms with Crippen LogP contribution in [-0.4, -0.2) is 73.2 Å². The van der Waals surface area contributed by atoms with E-state index >= 15 is 0 Å². The molecule has 0 bridgehead atoms. The van der Waals surface area contributed by atoms with Gasteiger partial charge in [-0.1, -0.05) is 30.3 Å². The van der Waals surface area contributed by atoms with Gasteiger partial charge in [-0.2, -0.15) is 4.31 Å². The second-order valence-corrected chi connectivity index (χ2v) is 10.3. The Morgan fingerprint density at radius 1 is 0.775 bits per heavy atom. The average molecular weight is 573 g/mol. The number of methoxy groups -OCH3 is 5. The Labute approximate surface area is 233 Å². The number of anilines is 1. The van der Waals surface area contributed by atoms with E-state index in [0.717, 1.165) is 9.87 Å². The number of hydrogen-bond acceptors (Lipinski definition) is 9. The van der Waals surface area contributed by atoms with Crippen molar-refractivity contribution in [2.45, 2.75) is 11.3 Å². The van der Waals surface area contributed by atoms with Crippen molar-refractivity contribution in [1.29, 1.82) is 0 Å². The molecular formula is C28H32N2O9S. The highest BCUT2D eigenvalue weighted by Gasteiger charge is 2.29. The number of rotatable bonds is 13. The van der Waals surface area contributed by atoms with Crippen molar-refractivity contribution in [3.05, 3.63) is 71.8 Å². The number of amides is 1. The third kappa shape index (κ3) is 7.01. The number of esters is 1. The number of nitrogens with zero attached hydrogens (tertiary/aromatic N) is 1. The van der Waals surface area contributed by atoms with Crippen molar-refractivity contribution in [3.63, 3.8) is 0 Å². The number of hydrogen-bond donors (Lipinski definition) is 1. The van der Waals surface area contributed by atoms with Crippen molar-refractivity contribution < 1.29 is 41.7 Å². The van der Waals surface area contributed by atoms with E-state index < -0.39 is 28.4 Å².